The molecule has 0 aliphatic heterocycles. The van der Waals surface area contributed by atoms with Gasteiger partial charge in [0.25, 0.3) is 0 Å². The quantitative estimate of drug-likeness (QED) is 0.841. The Morgan fingerprint density at radius 3 is 2.60 bits per heavy atom. The van der Waals surface area contributed by atoms with E-state index in [-0.39, 0.29) is 17.3 Å². The molecular formula is C10H13ClN2O2. The molecule has 1 fully saturated rings. The minimum atomic E-state index is -0.762. The Labute approximate surface area is 92.9 Å². The number of aryl methyl sites for hydroxylation is 1. The first-order chi connectivity index (χ1) is 6.87. The molecule has 1 aliphatic carbocycles. The lowest BCUT2D eigenvalue weighted by atomic mass is 10.1. The van der Waals surface area contributed by atoms with Crippen molar-refractivity contribution in [3.63, 3.8) is 0 Å². The van der Waals surface area contributed by atoms with E-state index in [9.17, 15) is 4.79 Å². The molecule has 1 aromatic rings. The number of hydrogen-bond donors (Lipinski definition) is 1. The molecule has 4 nitrogen and oxygen atoms in total. The zero-order valence-electron chi connectivity index (χ0n) is 8.86. The molecular weight excluding hydrogens is 216 g/mol. The topological polar surface area (TPSA) is 55.1 Å². The number of carbonyl (C=O) groups is 1. The smallest absolute Gasteiger partial charge is 0.307 e. The highest BCUT2D eigenvalue weighted by molar-refractivity contribution is 6.30. The van der Waals surface area contributed by atoms with Gasteiger partial charge in [-0.25, -0.2) is 4.98 Å². The zero-order valence-corrected chi connectivity index (χ0v) is 9.62. The van der Waals surface area contributed by atoms with E-state index in [0.717, 1.165) is 5.69 Å². The van der Waals surface area contributed by atoms with Crippen LogP contribution in [0.3, 0.4) is 0 Å². The molecule has 2 unspecified atom stereocenters. The highest BCUT2D eigenvalue weighted by Crippen LogP contribution is 2.65. The first kappa shape index (κ1) is 10.5. The molecule has 0 amide bonds. The Hall–Kier alpha value is -1.03. The van der Waals surface area contributed by atoms with Crippen molar-refractivity contribution in [1.29, 1.82) is 0 Å². The summed E-state index contributed by atoms with van der Waals surface area (Å²) in [5.74, 6) is -1.15. The van der Waals surface area contributed by atoms with Crippen molar-refractivity contribution in [3.05, 3.63) is 17.2 Å². The molecule has 1 aromatic heterocycles. The number of carboxylic acids is 1. The van der Waals surface area contributed by atoms with E-state index < -0.39 is 5.97 Å². The largest absolute Gasteiger partial charge is 0.481 e. The normalized spacial score (nSPS) is 27.7. The molecule has 0 spiro atoms. The molecule has 15 heavy (non-hydrogen) atoms. The maximum absolute atomic E-state index is 11.0. The summed E-state index contributed by atoms with van der Waals surface area (Å²) in [5, 5.41) is 9.48. The minimum Gasteiger partial charge on any atom is -0.481 e. The van der Waals surface area contributed by atoms with Crippen molar-refractivity contribution < 1.29 is 9.90 Å². The Morgan fingerprint density at radius 1 is 1.67 bits per heavy atom. The van der Waals surface area contributed by atoms with Gasteiger partial charge >= 0.3 is 5.97 Å². The van der Waals surface area contributed by atoms with Gasteiger partial charge in [0.05, 0.1) is 17.9 Å². The van der Waals surface area contributed by atoms with Gasteiger partial charge in [0.15, 0.2) is 5.15 Å². The number of aromatic nitrogens is 2. The van der Waals surface area contributed by atoms with Crippen molar-refractivity contribution in [1.82, 2.24) is 9.55 Å². The summed E-state index contributed by atoms with van der Waals surface area (Å²) in [6, 6.07) is 0. The monoisotopic (exact) mass is 228 g/mol. The van der Waals surface area contributed by atoms with E-state index in [2.05, 4.69) is 4.98 Å². The van der Waals surface area contributed by atoms with Gasteiger partial charge in [-0.1, -0.05) is 25.4 Å². The second-order valence-electron chi connectivity index (χ2n) is 4.65. The third-order valence-corrected chi connectivity index (χ3v) is 3.61. The first-order valence-corrected chi connectivity index (χ1v) is 5.14. The fraction of sp³-hybridized carbons (Fsp3) is 0.600. The lowest BCUT2D eigenvalue weighted by Gasteiger charge is -2.03. The zero-order chi connectivity index (χ0) is 11.4. The molecule has 0 radical (unpaired) electrons. The number of carboxylic acid groups (broad SMARTS) is 1. The second kappa shape index (κ2) is 2.98. The van der Waals surface area contributed by atoms with E-state index in [1.54, 1.807) is 10.9 Å². The van der Waals surface area contributed by atoms with E-state index in [1.165, 1.54) is 0 Å². The van der Waals surface area contributed by atoms with Crippen LogP contribution in [0.5, 0.6) is 0 Å². The number of aliphatic carboxylic acids is 1. The summed E-state index contributed by atoms with van der Waals surface area (Å²) in [7, 11) is 1.83. The van der Waals surface area contributed by atoms with Gasteiger partial charge in [0.2, 0.25) is 0 Å². The molecule has 2 atom stereocenters. The summed E-state index contributed by atoms with van der Waals surface area (Å²) < 4.78 is 1.80. The first-order valence-electron chi connectivity index (χ1n) is 4.77. The third kappa shape index (κ3) is 1.35. The van der Waals surface area contributed by atoms with Crippen LogP contribution < -0.4 is 0 Å². The van der Waals surface area contributed by atoms with E-state index in [0.29, 0.717) is 5.15 Å². The van der Waals surface area contributed by atoms with Crippen molar-refractivity contribution >= 4 is 17.6 Å². The molecule has 5 heteroatoms. The Morgan fingerprint density at radius 2 is 2.27 bits per heavy atom. The average Bonchev–Trinajstić information content (AvgIpc) is 2.50. The molecule has 2 rings (SSSR count). The van der Waals surface area contributed by atoms with Crippen molar-refractivity contribution in [2.75, 3.05) is 0 Å². The number of hydrogen-bond acceptors (Lipinski definition) is 2. The molecule has 1 saturated carbocycles. The van der Waals surface area contributed by atoms with Crippen LogP contribution >= 0.6 is 11.6 Å². The standard InChI is InChI=1S/C10H13ClN2O2/c1-10(2)5(6(10)9(14)15)7-8(11)12-4-13(7)3/h4-6H,1-3H3,(H,14,15). The molecule has 1 N–H and O–H groups in total. The summed E-state index contributed by atoms with van der Waals surface area (Å²) >= 11 is 5.95. The predicted molar refractivity (Wildman–Crippen MR) is 55.9 cm³/mol. The lowest BCUT2D eigenvalue weighted by Crippen LogP contribution is -2.03. The maximum atomic E-state index is 11.0. The molecule has 0 aromatic carbocycles. The lowest BCUT2D eigenvalue weighted by molar-refractivity contribution is -0.139. The summed E-state index contributed by atoms with van der Waals surface area (Å²) in [5.41, 5.74) is 0.595. The van der Waals surface area contributed by atoms with E-state index in [4.69, 9.17) is 16.7 Å². The predicted octanol–water partition coefficient (Wildman–Crippen LogP) is 1.90. The average molecular weight is 229 g/mol. The van der Waals surface area contributed by atoms with E-state index in [1.807, 2.05) is 20.9 Å². The SMILES string of the molecule is Cn1cnc(Cl)c1C1C(C(=O)O)C1(C)C. The van der Waals surface area contributed by atoms with Crippen LogP contribution in [0.15, 0.2) is 6.33 Å². The molecule has 1 aliphatic rings. The van der Waals surface area contributed by atoms with Crippen LogP contribution in [0.25, 0.3) is 0 Å². The van der Waals surface area contributed by atoms with Crippen LogP contribution in [0, 0.1) is 11.3 Å². The third-order valence-electron chi connectivity index (χ3n) is 3.32. The van der Waals surface area contributed by atoms with Crippen LogP contribution in [0.2, 0.25) is 5.15 Å². The van der Waals surface area contributed by atoms with Crippen LogP contribution in [0.4, 0.5) is 0 Å². The van der Waals surface area contributed by atoms with Gasteiger partial charge < -0.3 is 9.67 Å². The molecule has 1 heterocycles. The number of halogens is 1. The fourth-order valence-electron chi connectivity index (χ4n) is 2.37. The minimum absolute atomic E-state index is 0.0324. The Bertz CT molecular complexity index is 406. The number of imidazole rings is 1. The van der Waals surface area contributed by atoms with Crippen molar-refractivity contribution in [2.45, 2.75) is 19.8 Å². The summed E-state index contributed by atoms with van der Waals surface area (Å²) in [6.07, 6.45) is 1.62. The van der Waals surface area contributed by atoms with Crippen molar-refractivity contribution in [3.8, 4) is 0 Å². The summed E-state index contributed by atoms with van der Waals surface area (Å²) in [4.78, 5) is 15.0. The van der Waals surface area contributed by atoms with Crippen molar-refractivity contribution in [2.24, 2.45) is 18.4 Å². The maximum Gasteiger partial charge on any atom is 0.307 e. The van der Waals surface area contributed by atoms with Crippen LogP contribution in [-0.2, 0) is 11.8 Å². The Balaban J connectivity index is 2.39. The fourth-order valence-corrected chi connectivity index (χ4v) is 2.66. The second-order valence-corrected chi connectivity index (χ2v) is 5.00. The van der Waals surface area contributed by atoms with Gasteiger partial charge in [-0.05, 0) is 5.41 Å². The van der Waals surface area contributed by atoms with E-state index >= 15 is 0 Å². The van der Waals surface area contributed by atoms with Crippen LogP contribution in [-0.4, -0.2) is 20.6 Å². The van der Waals surface area contributed by atoms with Gasteiger partial charge in [0, 0.05) is 13.0 Å². The van der Waals surface area contributed by atoms with Gasteiger partial charge in [0.1, 0.15) is 0 Å². The molecule has 82 valence electrons. The van der Waals surface area contributed by atoms with Crippen LogP contribution in [0.1, 0.15) is 25.5 Å². The van der Waals surface area contributed by atoms with Gasteiger partial charge in [-0.15, -0.1) is 0 Å². The number of rotatable bonds is 2. The highest BCUT2D eigenvalue weighted by Gasteiger charge is 2.64. The van der Waals surface area contributed by atoms with Gasteiger partial charge in [-0.2, -0.15) is 0 Å². The summed E-state index contributed by atoms with van der Waals surface area (Å²) in [6.45, 7) is 3.89. The molecule has 0 saturated heterocycles. The number of nitrogens with zero attached hydrogens (tertiary/aromatic N) is 2. The van der Waals surface area contributed by atoms with Gasteiger partial charge in [-0.3, -0.25) is 4.79 Å². The molecule has 0 bridgehead atoms. The highest BCUT2D eigenvalue weighted by atomic mass is 35.5. The Kier molecular flexibility index (Phi) is 2.08.